The fourth-order valence-corrected chi connectivity index (χ4v) is 8.94. The van der Waals surface area contributed by atoms with Gasteiger partial charge in [-0.3, -0.25) is 9.59 Å². The van der Waals surface area contributed by atoms with Crippen LogP contribution < -0.4 is 19.9 Å². The predicted octanol–water partition coefficient (Wildman–Crippen LogP) is 8.06. The SMILES string of the molecule is CN(CC(=O)N1CCN(c2ccc([C@@H]3c4ccc(O)cc4CC[C@@H]3c3ccccc3)cc2)CC1)c1nc2ccccc2c2cc(CNC(=O)c3ccccc3OC(F)(F)F)nn12. The van der Waals surface area contributed by atoms with E-state index in [1.807, 2.05) is 41.3 Å². The molecule has 0 unspecified atom stereocenters. The number of phenolic OH excluding ortho intramolecular Hbond substituents is 1. The topological polar surface area (TPSA) is 116 Å². The summed E-state index contributed by atoms with van der Waals surface area (Å²) in [6.07, 6.45) is -3.05. The lowest BCUT2D eigenvalue weighted by atomic mass is 9.69. The summed E-state index contributed by atoms with van der Waals surface area (Å²) in [5.41, 5.74) is 7.65. The van der Waals surface area contributed by atoms with Crippen LogP contribution in [0.15, 0.2) is 127 Å². The van der Waals surface area contributed by atoms with Crippen LogP contribution in [0.2, 0.25) is 0 Å². The van der Waals surface area contributed by atoms with Gasteiger partial charge in [-0.15, -0.1) is 13.2 Å². The van der Waals surface area contributed by atoms with Gasteiger partial charge < -0.3 is 29.9 Å². The number of nitrogens with zero attached hydrogens (tertiary/aromatic N) is 6. The molecule has 2 aromatic heterocycles. The molecule has 11 nitrogen and oxygen atoms in total. The third kappa shape index (κ3) is 8.32. The van der Waals surface area contributed by atoms with Crippen molar-refractivity contribution in [2.75, 3.05) is 49.6 Å². The summed E-state index contributed by atoms with van der Waals surface area (Å²) in [4.78, 5) is 37.6. The van der Waals surface area contributed by atoms with Crippen LogP contribution >= 0.6 is 0 Å². The summed E-state index contributed by atoms with van der Waals surface area (Å²) in [7, 11) is 1.78. The Morgan fingerprint density at radius 2 is 1.58 bits per heavy atom. The van der Waals surface area contributed by atoms with Crippen molar-refractivity contribution in [3.05, 3.63) is 161 Å². The highest BCUT2D eigenvalue weighted by atomic mass is 19.4. The first-order valence-electron chi connectivity index (χ1n) is 20.6. The normalized spacial score (nSPS) is 16.6. The fraction of sp³-hybridized carbons (Fsp3) is 0.250. The molecule has 1 fully saturated rings. The van der Waals surface area contributed by atoms with Gasteiger partial charge in [-0.2, -0.15) is 9.61 Å². The number of benzene rings is 5. The predicted molar refractivity (Wildman–Crippen MR) is 231 cm³/mol. The molecule has 1 saturated heterocycles. The van der Waals surface area contributed by atoms with E-state index in [4.69, 9.17) is 10.1 Å². The number of likely N-dealkylation sites (N-methyl/N-ethyl adjacent to an activating group) is 1. The molecule has 14 heteroatoms. The Hall–Kier alpha value is -7.09. The summed E-state index contributed by atoms with van der Waals surface area (Å²) < 4.78 is 44.7. The summed E-state index contributed by atoms with van der Waals surface area (Å²) in [5, 5.41) is 18.4. The number of carbonyl (C=O) groups excluding carboxylic acids is 2. The molecule has 1 aliphatic heterocycles. The van der Waals surface area contributed by atoms with E-state index in [-0.39, 0.29) is 30.5 Å². The Labute approximate surface area is 356 Å². The van der Waals surface area contributed by atoms with Crippen LogP contribution in [0.25, 0.3) is 16.4 Å². The maximum atomic E-state index is 13.8. The zero-order valence-electron chi connectivity index (χ0n) is 33.9. The lowest BCUT2D eigenvalue weighted by Gasteiger charge is -2.37. The van der Waals surface area contributed by atoms with E-state index in [0.29, 0.717) is 60.5 Å². The third-order valence-electron chi connectivity index (χ3n) is 11.9. The number of hydrogen-bond donors (Lipinski definition) is 2. The van der Waals surface area contributed by atoms with Crippen LogP contribution in [0.5, 0.6) is 11.5 Å². The number of halogens is 3. The molecule has 0 saturated carbocycles. The number of aromatic nitrogens is 3. The number of para-hydroxylation sites is 2. The maximum Gasteiger partial charge on any atom is 0.573 e. The fourth-order valence-electron chi connectivity index (χ4n) is 8.94. The van der Waals surface area contributed by atoms with Crippen molar-refractivity contribution in [2.45, 2.75) is 37.6 Å². The number of nitrogens with one attached hydrogen (secondary N) is 1. The van der Waals surface area contributed by atoms with Crippen LogP contribution in [0, 0.1) is 0 Å². The van der Waals surface area contributed by atoms with E-state index in [9.17, 15) is 27.9 Å². The molecule has 62 heavy (non-hydrogen) atoms. The van der Waals surface area contributed by atoms with E-state index in [0.717, 1.165) is 30.0 Å². The largest absolute Gasteiger partial charge is 0.573 e. The van der Waals surface area contributed by atoms with Crippen LogP contribution in [0.4, 0.5) is 24.8 Å². The van der Waals surface area contributed by atoms with Crippen molar-refractivity contribution in [1.29, 1.82) is 0 Å². The number of carbonyl (C=O) groups is 2. The Balaban J connectivity index is 0.866. The number of amides is 2. The Morgan fingerprint density at radius 1 is 0.855 bits per heavy atom. The highest BCUT2D eigenvalue weighted by Crippen LogP contribution is 2.47. The van der Waals surface area contributed by atoms with Gasteiger partial charge in [0.25, 0.3) is 5.91 Å². The van der Waals surface area contributed by atoms with E-state index in [2.05, 4.69) is 69.6 Å². The zero-order valence-corrected chi connectivity index (χ0v) is 33.9. The molecule has 0 radical (unpaired) electrons. The number of ether oxygens (including phenoxy) is 1. The van der Waals surface area contributed by atoms with Gasteiger partial charge in [0.15, 0.2) is 0 Å². The number of hydrogen-bond acceptors (Lipinski definition) is 8. The van der Waals surface area contributed by atoms with Crippen LogP contribution in [0.1, 0.15) is 56.6 Å². The van der Waals surface area contributed by atoms with Crippen LogP contribution in [-0.2, 0) is 17.8 Å². The van der Waals surface area contributed by atoms with Crippen molar-refractivity contribution < 1.29 is 32.6 Å². The molecule has 2 aliphatic rings. The number of piperazine rings is 1. The quantitative estimate of drug-likeness (QED) is 0.142. The Kier molecular flexibility index (Phi) is 10.9. The van der Waals surface area contributed by atoms with Crippen LogP contribution in [-0.4, -0.2) is 82.6 Å². The van der Waals surface area contributed by atoms with Crippen molar-refractivity contribution in [2.24, 2.45) is 0 Å². The lowest BCUT2D eigenvalue weighted by molar-refractivity contribution is -0.274. The van der Waals surface area contributed by atoms with Crippen LogP contribution in [0.3, 0.4) is 0 Å². The standard InChI is InChI=1S/C48H44F3N7O4/c1-55(47-53-41-13-7-5-11-39(41)42-28-34(54-58(42)47)29-52-46(61)40-12-6-8-14-43(40)62-48(49,50)51)30-44(60)57-25-23-56(24-26-57)35-18-15-32(16-19-35)45-37(31-9-3-2-4-10-31)21-17-33-27-36(59)20-22-38(33)45/h2-16,18-20,22,27-28,37,45,59H,17,21,23-26,29-30H2,1H3,(H,52,61)/t37-,45+/m1/s1. The number of anilines is 2. The summed E-state index contributed by atoms with van der Waals surface area (Å²) in [6.45, 7) is 2.40. The number of phenols is 1. The van der Waals surface area contributed by atoms with Gasteiger partial charge in [-0.25, -0.2) is 4.98 Å². The third-order valence-corrected chi connectivity index (χ3v) is 11.9. The summed E-state index contributed by atoms with van der Waals surface area (Å²) in [6, 6.07) is 39.7. The van der Waals surface area contributed by atoms with Crippen molar-refractivity contribution in [1.82, 2.24) is 24.8 Å². The molecule has 2 amide bonds. The van der Waals surface area contributed by atoms with Gasteiger partial charge in [-0.05, 0) is 89.5 Å². The molecule has 5 aromatic carbocycles. The Morgan fingerprint density at radius 3 is 2.35 bits per heavy atom. The minimum Gasteiger partial charge on any atom is -0.508 e. The molecular formula is C48H44F3N7O4. The molecule has 1 aliphatic carbocycles. The number of aromatic hydroxyl groups is 1. The van der Waals surface area contributed by atoms with Gasteiger partial charge in [-0.1, -0.05) is 78.9 Å². The van der Waals surface area contributed by atoms with Crippen molar-refractivity contribution >= 4 is 39.9 Å². The van der Waals surface area contributed by atoms with Crippen molar-refractivity contribution in [3.8, 4) is 11.5 Å². The minimum atomic E-state index is -4.96. The van der Waals surface area contributed by atoms with Gasteiger partial charge >= 0.3 is 6.36 Å². The molecule has 7 aromatic rings. The number of aryl methyl sites for hydroxylation is 1. The first kappa shape index (κ1) is 40.3. The highest BCUT2D eigenvalue weighted by Gasteiger charge is 2.34. The van der Waals surface area contributed by atoms with Crippen molar-refractivity contribution in [3.63, 3.8) is 0 Å². The Bertz CT molecular complexity index is 2750. The molecule has 3 heterocycles. The van der Waals surface area contributed by atoms with Gasteiger partial charge in [0.05, 0.1) is 35.4 Å². The maximum absolute atomic E-state index is 13.8. The van der Waals surface area contributed by atoms with E-state index >= 15 is 0 Å². The second-order valence-corrected chi connectivity index (χ2v) is 15.8. The zero-order chi connectivity index (χ0) is 43.0. The van der Waals surface area contributed by atoms with Gasteiger partial charge in [0, 0.05) is 50.2 Å². The first-order chi connectivity index (χ1) is 30.0. The lowest BCUT2D eigenvalue weighted by Crippen LogP contribution is -2.51. The molecular weight excluding hydrogens is 796 g/mol. The molecule has 0 bridgehead atoms. The first-order valence-corrected chi connectivity index (χ1v) is 20.6. The average molecular weight is 840 g/mol. The monoisotopic (exact) mass is 839 g/mol. The second kappa shape index (κ2) is 16.8. The van der Waals surface area contributed by atoms with E-state index in [1.54, 1.807) is 28.6 Å². The average Bonchev–Trinajstić information content (AvgIpc) is 3.72. The summed E-state index contributed by atoms with van der Waals surface area (Å²) in [5.74, 6) is -0.224. The smallest absolute Gasteiger partial charge is 0.508 e. The molecule has 9 rings (SSSR count). The molecule has 0 spiro atoms. The van der Waals surface area contributed by atoms with E-state index < -0.39 is 18.0 Å². The molecule has 2 atom stereocenters. The van der Waals surface area contributed by atoms with Gasteiger partial charge in [0.1, 0.15) is 11.5 Å². The molecule has 2 N–H and O–H groups in total. The second-order valence-electron chi connectivity index (χ2n) is 15.8. The minimum absolute atomic E-state index is 0.0419. The molecule has 316 valence electrons. The number of rotatable bonds is 10. The number of fused-ring (bicyclic) bond motifs is 4. The van der Waals surface area contributed by atoms with Gasteiger partial charge in [0.2, 0.25) is 11.9 Å². The van der Waals surface area contributed by atoms with E-state index in [1.165, 1.54) is 40.5 Å². The highest BCUT2D eigenvalue weighted by molar-refractivity contribution is 5.97. The number of alkyl halides is 3. The summed E-state index contributed by atoms with van der Waals surface area (Å²) >= 11 is 0.